The summed E-state index contributed by atoms with van der Waals surface area (Å²) >= 11 is 0. The van der Waals surface area contributed by atoms with Crippen molar-refractivity contribution in [2.45, 2.75) is 25.6 Å². The average molecular weight is 224 g/mol. The van der Waals surface area contributed by atoms with Gasteiger partial charge < -0.3 is 21.3 Å². The lowest BCUT2D eigenvalue weighted by atomic mass is 9.99. The molecule has 0 heterocycles. The van der Waals surface area contributed by atoms with Crippen LogP contribution < -0.4 is 11.1 Å². The van der Waals surface area contributed by atoms with Gasteiger partial charge in [-0.05, 0) is 38.6 Å². The Hall–Kier alpha value is -1.10. The van der Waals surface area contributed by atoms with E-state index >= 15 is 0 Å². The summed E-state index contributed by atoms with van der Waals surface area (Å²) in [5.74, 6) is 0. The number of aliphatic hydroxyl groups excluding tert-OH is 2. The fraction of sp³-hybridized carbons (Fsp3) is 0.500. The van der Waals surface area contributed by atoms with E-state index < -0.39 is 12.2 Å². The molecule has 4 heteroatoms. The molecule has 4 nitrogen and oxygen atoms in total. The number of aliphatic hydroxyl groups is 2. The lowest BCUT2D eigenvalue weighted by Crippen LogP contribution is -2.24. The van der Waals surface area contributed by atoms with Crippen molar-refractivity contribution in [3.8, 4) is 0 Å². The lowest BCUT2D eigenvalue weighted by Gasteiger charge is -2.19. The normalized spacial score (nSPS) is 14.8. The standard InChI is InChI=1S/C12H20N2O2/c1-8-3-4-9(10(13)7-8)12(16)11(15)5-6-14-2/h3-4,7,11-12,14-16H,5-6,13H2,1-2H3. The molecular formula is C12H20N2O2. The van der Waals surface area contributed by atoms with Crippen LogP contribution in [0.3, 0.4) is 0 Å². The molecule has 1 rings (SSSR count). The van der Waals surface area contributed by atoms with Gasteiger partial charge in [0, 0.05) is 11.3 Å². The van der Waals surface area contributed by atoms with Gasteiger partial charge in [0.05, 0.1) is 6.10 Å². The first kappa shape index (κ1) is 13.0. The summed E-state index contributed by atoms with van der Waals surface area (Å²) in [4.78, 5) is 0. The van der Waals surface area contributed by atoms with E-state index in [9.17, 15) is 10.2 Å². The SMILES string of the molecule is CNCCC(O)C(O)c1ccc(C)cc1N. The highest BCUT2D eigenvalue weighted by atomic mass is 16.3. The Morgan fingerprint density at radius 3 is 2.62 bits per heavy atom. The van der Waals surface area contributed by atoms with Crippen LogP contribution in [0.5, 0.6) is 0 Å². The Kier molecular flexibility index (Phi) is 4.73. The van der Waals surface area contributed by atoms with E-state index in [1.165, 1.54) is 0 Å². The second kappa shape index (κ2) is 5.84. The predicted octanol–water partition coefficient (Wildman–Crippen LogP) is 0.581. The van der Waals surface area contributed by atoms with Gasteiger partial charge in [-0.15, -0.1) is 0 Å². The highest BCUT2D eigenvalue weighted by Gasteiger charge is 2.19. The number of hydrogen-bond donors (Lipinski definition) is 4. The van der Waals surface area contributed by atoms with E-state index in [1.807, 2.05) is 13.0 Å². The van der Waals surface area contributed by atoms with Gasteiger partial charge in [0.15, 0.2) is 0 Å². The van der Waals surface area contributed by atoms with Crippen molar-refractivity contribution in [2.75, 3.05) is 19.3 Å². The predicted molar refractivity (Wildman–Crippen MR) is 65.1 cm³/mol. The largest absolute Gasteiger partial charge is 0.398 e. The van der Waals surface area contributed by atoms with Gasteiger partial charge in [0.1, 0.15) is 6.10 Å². The Morgan fingerprint density at radius 2 is 2.06 bits per heavy atom. The van der Waals surface area contributed by atoms with Gasteiger partial charge in [0.25, 0.3) is 0 Å². The topological polar surface area (TPSA) is 78.5 Å². The van der Waals surface area contributed by atoms with Crippen molar-refractivity contribution in [1.82, 2.24) is 5.32 Å². The molecule has 0 saturated heterocycles. The molecular weight excluding hydrogens is 204 g/mol. The molecule has 0 aliphatic carbocycles. The maximum absolute atomic E-state index is 9.93. The van der Waals surface area contributed by atoms with Crippen LogP contribution in [0.2, 0.25) is 0 Å². The van der Waals surface area contributed by atoms with Gasteiger partial charge in [-0.2, -0.15) is 0 Å². The third kappa shape index (κ3) is 3.20. The zero-order valence-corrected chi connectivity index (χ0v) is 9.77. The van der Waals surface area contributed by atoms with E-state index in [4.69, 9.17) is 5.73 Å². The molecule has 0 radical (unpaired) electrons. The number of benzene rings is 1. The maximum Gasteiger partial charge on any atom is 0.107 e. The molecule has 0 bridgehead atoms. The van der Waals surface area contributed by atoms with Gasteiger partial charge in [0.2, 0.25) is 0 Å². The second-order valence-electron chi connectivity index (χ2n) is 4.04. The minimum absolute atomic E-state index is 0.491. The van der Waals surface area contributed by atoms with Gasteiger partial charge in [-0.25, -0.2) is 0 Å². The first-order valence-electron chi connectivity index (χ1n) is 5.43. The van der Waals surface area contributed by atoms with Crippen molar-refractivity contribution in [3.05, 3.63) is 29.3 Å². The van der Waals surface area contributed by atoms with Gasteiger partial charge in [-0.1, -0.05) is 12.1 Å². The van der Waals surface area contributed by atoms with E-state index in [0.717, 1.165) is 5.56 Å². The zero-order valence-electron chi connectivity index (χ0n) is 9.77. The number of hydrogen-bond acceptors (Lipinski definition) is 4. The molecule has 0 aromatic heterocycles. The molecule has 0 fully saturated rings. The Balaban J connectivity index is 2.75. The number of aryl methyl sites for hydroxylation is 1. The third-order valence-corrected chi connectivity index (χ3v) is 2.62. The number of rotatable bonds is 5. The van der Waals surface area contributed by atoms with Crippen molar-refractivity contribution in [3.63, 3.8) is 0 Å². The molecule has 5 N–H and O–H groups in total. The zero-order chi connectivity index (χ0) is 12.1. The van der Waals surface area contributed by atoms with Gasteiger partial charge >= 0.3 is 0 Å². The maximum atomic E-state index is 9.93. The Morgan fingerprint density at radius 1 is 1.38 bits per heavy atom. The fourth-order valence-corrected chi connectivity index (χ4v) is 1.62. The van der Waals surface area contributed by atoms with E-state index in [1.54, 1.807) is 19.2 Å². The van der Waals surface area contributed by atoms with E-state index in [-0.39, 0.29) is 0 Å². The molecule has 0 saturated carbocycles. The molecule has 16 heavy (non-hydrogen) atoms. The van der Waals surface area contributed by atoms with Crippen LogP contribution in [-0.4, -0.2) is 29.9 Å². The monoisotopic (exact) mass is 224 g/mol. The van der Waals surface area contributed by atoms with Crippen LogP contribution in [0, 0.1) is 6.92 Å². The molecule has 0 aliphatic rings. The summed E-state index contributed by atoms with van der Waals surface area (Å²) in [6.45, 7) is 2.59. The van der Waals surface area contributed by atoms with E-state index in [0.29, 0.717) is 24.2 Å². The molecule has 0 aliphatic heterocycles. The summed E-state index contributed by atoms with van der Waals surface area (Å²) in [7, 11) is 1.80. The van der Waals surface area contributed by atoms with Crippen molar-refractivity contribution < 1.29 is 10.2 Å². The highest BCUT2D eigenvalue weighted by molar-refractivity contribution is 5.50. The Bertz CT molecular complexity index is 342. The van der Waals surface area contributed by atoms with Crippen molar-refractivity contribution in [1.29, 1.82) is 0 Å². The first-order valence-corrected chi connectivity index (χ1v) is 5.43. The van der Waals surface area contributed by atoms with Crippen LogP contribution in [0.25, 0.3) is 0 Å². The molecule has 90 valence electrons. The van der Waals surface area contributed by atoms with Crippen LogP contribution in [0.4, 0.5) is 5.69 Å². The summed E-state index contributed by atoms with van der Waals surface area (Å²) in [5, 5.41) is 22.6. The highest BCUT2D eigenvalue weighted by Crippen LogP contribution is 2.25. The number of nitrogens with one attached hydrogen (secondary N) is 1. The van der Waals surface area contributed by atoms with Crippen LogP contribution in [0.1, 0.15) is 23.7 Å². The van der Waals surface area contributed by atoms with Gasteiger partial charge in [-0.3, -0.25) is 0 Å². The molecule has 2 unspecified atom stereocenters. The summed E-state index contributed by atoms with van der Waals surface area (Å²) in [6, 6.07) is 5.43. The summed E-state index contributed by atoms with van der Waals surface area (Å²) < 4.78 is 0. The van der Waals surface area contributed by atoms with Crippen LogP contribution in [-0.2, 0) is 0 Å². The van der Waals surface area contributed by atoms with Crippen molar-refractivity contribution >= 4 is 5.69 Å². The second-order valence-corrected chi connectivity index (χ2v) is 4.04. The minimum atomic E-state index is -0.922. The molecule has 1 aromatic rings. The minimum Gasteiger partial charge on any atom is -0.398 e. The van der Waals surface area contributed by atoms with E-state index in [2.05, 4.69) is 5.32 Å². The summed E-state index contributed by atoms with van der Waals surface area (Å²) in [6.07, 6.45) is -1.23. The fourth-order valence-electron chi connectivity index (χ4n) is 1.62. The van der Waals surface area contributed by atoms with Crippen molar-refractivity contribution in [2.24, 2.45) is 0 Å². The Labute approximate surface area is 96.1 Å². The first-order chi connectivity index (χ1) is 7.56. The quantitative estimate of drug-likeness (QED) is 0.552. The number of nitrogens with two attached hydrogens (primary N) is 1. The third-order valence-electron chi connectivity index (χ3n) is 2.62. The molecule has 1 aromatic carbocycles. The number of anilines is 1. The molecule has 2 atom stereocenters. The molecule has 0 spiro atoms. The molecule has 0 amide bonds. The number of nitrogen functional groups attached to an aromatic ring is 1. The average Bonchev–Trinajstić information content (AvgIpc) is 2.25. The lowest BCUT2D eigenvalue weighted by molar-refractivity contribution is 0.0144. The summed E-state index contributed by atoms with van der Waals surface area (Å²) in [5.41, 5.74) is 7.96. The van der Waals surface area contributed by atoms with Crippen LogP contribution >= 0.6 is 0 Å². The smallest absolute Gasteiger partial charge is 0.107 e. The van der Waals surface area contributed by atoms with Crippen LogP contribution in [0.15, 0.2) is 18.2 Å².